The molecule has 1 aliphatic heterocycles. The van der Waals surface area contributed by atoms with Crippen LogP contribution >= 0.6 is 22.9 Å². The van der Waals surface area contributed by atoms with E-state index in [1.165, 1.54) is 6.07 Å². The smallest absolute Gasteiger partial charge is 0.264 e. The van der Waals surface area contributed by atoms with E-state index in [2.05, 4.69) is 0 Å². The van der Waals surface area contributed by atoms with Crippen molar-refractivity contribution < 1.29 is 9.18 Å². The molecule has 1 aromatic carbocycles. The number of rotatable bonds is 2. The molecule has 0 saturated carbocycles. The number of hydrogen-bond acceptors (Lipinski definition) is 2. The SMILES string of the molecule is Cc1ccc(Cl)c(C2CCCN2C(=O)c2sc(F)cc2C)c1. The van der Waals surface area contributed by atoms with Gasteiger partial charge in [0.05, 0.1) is 10.9 Å². The second kappa shape index (κ2) is 6.01. The lowest BCUT2D eigenvalue weighted by Gasteiger charge is -2.26. The predicted octanol–water partition coefficient (Wildman–Crippen LogP) is 5.13. The molecule has 1 saturated heterocycles. The van der Waals surface area contributed by atoms with Crippen molar-refractivity contribution >= 4 is 28.8 Å². The molecular weight excluding hydrogens is 321 g/mol. The Bertz CT molecular complexity index is 727. The lowest BCUT2D eigenvalue weighted by molar-refractivity contribution is 0.0740. The minimum absolute atomic E-state index is 0.0236. The highest BCUT2D eigenvalue weighted by Crippen LogP contribution is 2.38. The van der Waals surface area contributed by atoms with Gasteiger partial charge in [-0.15, -0.1) is 11.3 Å². The van der Waals surface area contributed by atoms with Crippen LogP contribution in [0.2, 0.25) is 5.02 Å². The fourth-order valence-electron chi connectivity index (χ4n) is 3.04. The molecule has 2 heterocycles. The molecule has 22 heavy (non-hydrogen) atoms. The monoisotopic (exact) mass is 337 g/mol. The molecule has 1 fully saturated rings. The van der Waals surface area contributed by atoms with Gasteiger partial charge < -0.3 is 4.90 Å². The summed E-state index contributed by atoms with van der Waals surface area (Å²) in [5, 5.41) is 0.370. The first-order chi connectivity index (χ1) is 10.5. The number of amides is 1. The lowest BCUT2D eigenvalue weighted by Crippen LogP contribution is -2.30. The first kappa shape index (κ1) is 15.5. The van der Waals surface area contributed by atoms with E-state index in [9.17, 15) is 9.18 Å². The van der Waals surface area contributed by atoms with E-state index in [1.807, 2.05) is 30.0 Å². The number of carbonyl (C=O) groups excluding carboxylic acids is 1. The van der Waals surface area contributed by atoms with Crippen LogP contribution in [0.15, 0.2) is 24.3 Å². The number of halogens is 2. The van der Waals surface area contributed by atoms with Gasteiger partial charge in [0.25, 0.3) is 5.91 Å². The molecule has 1 atom stereocenters. The zero-order valence-electron chi connectivity index (χ0n) is 12.5. The number of carbonyl (C=O) groups is 1. The number of nitrogens with zero attached hydrogens (tertiary/aromatic N) is 1. The summed E-state index contributed by atoms with van der Waals surface area (Å²) in [6, 6.07) is 7.28. The fraction of sp³-hybridized carbons (Fsp3) is 0.353. The molecule has 1 aliphatic rings. The van der Waals surface area contributed by atoms with Crippen molar-refractivity contribution in [2.24, 2.45) is 0 Å². The third-order valence-electron chi connectivity index (χ3n) is 4.11. The van der Waals surface area contributed by atoms with E-state index in [4.69, 9.17) is 11.6 Å². The Hall–Kier alpha value is -1.39. The maximum Gasteiger partial charge on any atom is 0.264 e. The maximum absolute atomic E-state index is 13.4. The molecule has 2 nitrogen and oxygen atoms in total. The Kier molecular flexibility index (Phi) is 4.24. The molecule has 116 valence electrons. The second-order valence-electron chi connectivity index (χ2n) is 5.74. The molecule has 0 spiro atoms. The standard InChI is InChI=1S/C17H17ClFNOS/c1-10-5-6-13(18)12(8-10)14-4-3-7-20(14)17(21)16-11(2)9-15(19)22-16/h5-6,8-9,14H,3-4,7H2,1-2H3. The fourth-order valence-corrected chi connectivity index (χ4v) is 4.14. The third-order valence-corrected chi connectivity index (χ3v) is 5.46. The van der Waals surface area contributed by atoms with E-state index in [0.29, 0.717) is 22.0 Å². The van der Waals surface area contributed by atoms with Crippen LogP contribution in [-0.4, -0.2) is 17.4 Å². The summed E-state index contributed by atoms with van der Waals surface area (Å²) < 4.78 is 13.4. The molecule has 0 N–H and O–H groups in total. The summed E-state index contributed by atoms with van der Waals surface area (Å²) in [6.45, 7) is 4.48. The van der Waals surface area contributed by atoms with Gasteiger partial charge in [-0.25, -0.2) is 0 Å². The van der Waals surface area contributed by atoms with Crippen molar-refractivity contribution in [3.05, 3.63) is 56.0 Å². The van der Waals surface area contributed by atoms with E-state index in [0.717, 1.165) is 35.3 Å². The molecule has 0 radical (unpaired) electrons. The molecule has 1 aromatic heterocycles. The molecule has 0 aliphatic carbocycles. The van der Waals surface area contributed by atoms with Gasteiger partial charge in [-0.1, -0.05) is 29.3 Å². The quantitative estimate of drug-likeness (QED) is 0.743. The Morgan fingerprint density at radius 3 is 2.82 bits per heavy atom. The van der Waals surface area contributed by atoms with Gasteiger partial charge in [-0.3, -0.25) is 4.79 Å². The number of thiophene rings is 1. The topological polar surface area (TPSA) is 20.3 Å². The highest BCUT2D eigenvalue weighted by Gasteiger charge is 2.33. The summed E-state index contributed by atoms with van der Waals surface area (Å²) in [5.74, 6) is -0.0912. The van der Waals surface area contributed by atoms with Gasteiger partial charge in [0, 0.05) is 11.6 Å². The van der Waals surface area contributed by atoms with E-state index < -0.39 is 0 Å². The van der Waals surface area contributed by atoms with E-state index in [-0.39, 0.29) is 17.1 Å². The number of likely N-dealkylation sites (tertiary alicyclic amines) is 1. The summed E-state index contributed by atoms with van der Waals surface area (Å²) in [5.41, 5.74) is 2.81. The zero-order valence-corrected chi connectivity index (χ0v) is 14.1. The minimum Gasteiger partial charge on any atom is -0.331 e. The first-order valence-electron chi connectivity index (χ1n) is 7.30. The van der Waals surface area contributed by atoms with Gasteiger partial charge in [-0.2, -0.15) is 4.39 Å². The Morgan fingerprint density at radius 1 is 1.36 bits per heavy atom. The first-order valence-corrected chi connectivity index (χ1v) is 8.50. The van der Waals surface area contributed by atoms with Crippen molar-refractivity contribution in [2.45, 2.75) is 32.7 Å². The summed E-state index contributed by atoms with van der Waals surface area (Å²) in [6.07, 6.45) is 1.83. The average Bonchev–Trinajstić information content (AvgIpc) is 3.07. The van der Waals surface area contributed by atoms with Crippen LogP contribution in [0.25, 0.3) is 0 Å². The van der Waals surface area contributed by atoms with Crippen LogP contribution in [-0.2, 0) is 0 Å². The van der Waals surface area contributed by atoms with Crippen LogP contribution in [0.5, 0.6) is 0 Å². The van der Waals surface area contributed by atoms with Crippen LogP contribution in [0.3, 0.4) is 0 Å². The summed E-state index contributed by atoms with van der Waals surface area (Å²) in [7, 11) is 0. The van der Waals surface area contributed by atoms with E-state index >= 15 is 0 Å². The Morgan fingerprint density at radius 2 is 2.14 bits per heavy atom. The molecule has 0 bridgehead atoms. The molecule has 5 heteroatoms. The van der Waals surface area contributed by atoms with Crippen molar-refractivity contribution in [2.75, 3.05) is 6.54 Å². The predicted molar refractivity (Wildman–Crippen MR) is 88.2 cm³/mol. The third kappa shape index (κ3) is 2.77. The van der Waals surface area contributed by atoms with Crippen LogP contribution in [0.4, 0.5) is 4.39 Å². The summed E-state index contributed by atoms with van der Waals surface area (Å²) in [4.78, 5) is 15.1. The van der Waals surface area contributed by atoms with Crippen LogP contribution < -0.4 is 0 Å². The zero-order chi connectivity index (χ0) is 15.9. The Balaban J connectivity index is 1.95. The highest BCUT2D eigenvalue weighted by atomic mass is 35.5. The van der Waals surface area contributed by atoms with Crippen LogP contribution in [0, 0.1) is 19.0 Å². The number of hydrogen-bond donors (Lipinski definition) is 0. The molecule has 1 unspecified atom stereocenters. The largest absolute Gasteiger partial charge is 0.331 e. The highest BCUT2D eigenvalue weighted by molar-refractivity contribution is 7.12. The molecule has 2 aromatic rings. The van der Waals surface area contributed by atoms with Gasteiger partial charge >= 0.3 is 0 Å². The summed E-state index contributed by atoms with van der Waals surface area (Å²) >= 11 is 7.26. The molecule has 1 amide bonds. The number of aryl methyl sites for hydroxylation is 2. The van der Waals surface area contributed by atoms with Crippen LogP contribution in [0.1, 0.15) is 45.2 Å². The van der Waals surface area contributed by atoms with Crippen molar-refractivity contribution in [1.29, 1.82) is 0 Å². The van der Waals surface area contributed by atoms with Gasteiger partial charge in [-0.05, 0) is 49.9 Å². The minimum atomic E-state index is -0.315. The van der Waals surface area contributed by atoms with Crippen molar-refractivity contribution in [3.8, 4) is 0 Å². The van der Waals surface area contributed by atoms with Gasteiger partial charge in [0.15, 0.2) is 5.13 Å². The van der Waals surface area contributed by atoms with Gasteiger partial charge in [0.1, 0.15) is 0 Å². The number of benzene rings is 1. The Labute approximate surface area is 138 Å². The van der Waals surface area contributed by atoms with Gasteiger partial charge in [0.2, 0.25) is 0 Å². The average molecular weight is 338 g/mol. The normalized spacial score (nSPS) is 18.0. The molecule has 3 rings (SSSR count). The van der Waals surface area contributed by atoms with Crippen molar-refractivity contribution in [3.63, 3.8) is 0 Å². The lowest BCUT2D eigenvalue weighted by atomic mass is 10.0. The van der Waals surface area contributed by atoms with Crippen molar-refractivity contribution in [1.82, 2.24) is 4.90 Å². The molecular formula is C17H17ClFNOS. The maximum atomic E-state index is 13.4. The second-order valence-corrected chi connectivity index (χ2v) is 7.15. The van der Waals surface area contributed by atoms with E-state index in [1.54, 1.807) is 6.92 Å².